The highest BCUT2D eigenvalue weighted by molar-refractivity contribution is 6.33. The van der Waals surface area contributed by atoms with Gasteiger partial charge in [-0.2, -0.15) is 0 Å². The van der Waals surface area contributed by atoms with Crippen LogP contribution in [0.1, 0.15) is 20.3 Å². The summed E-state index contributed by atoms with van der Waals surface area (Å²) in [4.78, 5) is 0. The number of rotatable bonds is 7. The molecule has 0 spiro atoms. The van der Waals surface area contributed by atoms with E-state index < -0.39 is 0 Å². The summed E-state index contributed by atoms with van der Waals surface area (Å²) in [6.07, 6.45) is 1.10. The van der Waals surface area contributed by atoms with E-state index in [9.17, 15) is 0 Å². The van der Waals surface area contributed by atoms with Crippen molar-refractivity contribution in [2.75, 3.05) is 30.8 Å². The molecule has 0 aliphatic carbocycles. The molecule has 96 valence electrons. The Morgan fingerprint density at radius 2 is 2.12 bits per heavy atom. The Kier molecular flexibility index (Phi) is 6.16. The zero-order chi connectivity index (χ0) is 12.7. The van der Waals surface area contributed by atoms with Crippen LogP contribution in [0.3, 0.4) is 0 Å². The first-order valence-corrected chi connectivity index (χ1v) is 6.34. The molecule has 0 heterocycles. The molecule has 0 fully saturated rings. The van der Waals surface area contributed by atoms with E-state index in [4.69, 9.17) is 22.1 Å². The van der Waals surface area contributed by atoms with E-state index in [1.807, 2.05) is 12.1 Å². The number of hydrogen-bond donors (Lipinski definition) is 2. The third-order valence-corrected chi connectivity index (χ3v) is 2.71. The maximum atomic E-state index is 6.03. The van der Waals surface area contributed by atoms with E-state index in [1.165, 1.54) is 0 Å². The molecule has 0 aliphatic rings. The Labute approximate surface area is 108 Å². The largest absolute Gasteiger partial charge is 0.399 e. The number of nitrogen functional groups attached to an aromatic ring is 1. The third kappa shape index (κ3) is 5.80. The van der Waals surface area contributed by atoms with E-state index in [0.29, 0.717) is 23.2 Å². The molecule has 0 radical (unpaired) electrons. The van der Waals surface area contributed by atoms with Crippen LogP contribution < -0.4 is 11.1 Å². The van der Waals surface area contributed by atoms with Crippen LogP contribution in [0.2, 0.25) is 5.02 Å². The van der Waals surface area contributed by atoms with Crippen molar-refractivity contribution >= 4 is 23.0 Å². The van der Waals surface area contributed by atoms with Crippen molar-refractivity contribution in [2.45, 2.75) is 20.3 Å². The first-order chi connectivity index (χ1) is 8.09. The van der Waals surface area contributed by atoms with Crippen molar-refractivity contribution in [3.63, 3.8) is 0 Å². The summed E-state index contributed by atoms with van der Waals surface area (Å²) < 4.78 is 5.50. The normalized spacial score (nSPS) is 10.8. The van der Waals surface area contributed by atoms with Crippen molar-refractivity contribution in [3.05, 3.63) is 23.2 Å². The maximum absolute atomic E-state index is 6.03. The fourth-order valence-corrected chi connectivity index (χ4v) is 1.61. The lowest BCUT2D eigenvalue weighted by Gasteiger charge is -2.10. The molecule has 1 aromatic rings. The van der Waals surface area contributed by atoms with Crippen molar-refractivity contribution < 1.29 is 4.74 Å². The topological polar surface area (TPSA) is 47.3 Å². The summed E-state index contributed by atoms with van der Waals surface area (Å²) in [5.41, 5.74) is 7.18. The Morgan fingerprint density at radius 3 is 2.76 bits per heavy atom. The summed E-state index contributed by atoms with van der Waals surface area (Å²) in [6.45, 7) is 6.63. The lowest BCUT2D eigenvalue weighted by molar-refractivity contribution is 0.132. The first-order valence-electron chi connectivity index (χ1n) is 5.96. The summed E-state index contributed by atoms with van der Waals surface area (Å²) in [7, 11) is 0. The van der Waals surface area contributed by atoms with Gasteiger partial charge < -0.3 is 15.8 Å². The van der Waals surface area contributed by atoms with Gasteiger partial charge in [0.25, 0.3) is 0 Å². The van der Waals surface area contributed by atoms with Gasteiger partial charge >= 0.3 is 0 Å². The van der Waals surface area contributed by atoms with Gasteiger partial charge in [-0.3, -0.25) is 0 Å². The number of nitrogens with two attached hydrogens (primary N) is 1. The second-order valence-corrected chi connectivity index (χ2v) is 4.87. The molecule has 0 aliphatic heterocycles. The standard InChI is InChI=1S/C13H21ClN2O/c1-10(2)5-7-17-8-6-16-13-4-3-11(15)9-12(13)14/h3-4,9-10,16H,5-8,15H2,1-2H3. The van der Waals surface area contributed by atoms with Gasteiger partial charge in [-0.05, 0) is 30.5 Å². The van der Waals surface area contributed by atoms with Crippen molar-refractivity contribution in [2.24, 2.45) is 5.92 Å². The number of nitrogens with one attached hydrogen (secondary N) is 1. The minimum absolute atomic E-state index is 0.646. The highest BCUT2D eigenvalue weighted by atomic mass is 35.5. The summed E-state index contributed by atoms with van der Waals surface area (Å²) in [5.74, 6) is 0.689. The van der Waals surface area contributed by atoms with Gasteiger partial charge in [-0.15, -0.1) is 0 Å². The first kappa shape index (κ1) is 14.1. The molecule has 17 heavy (non-hydrogen) atoms. The van der Waals surface area contributed by atoms with Gasteiger partial charge in [0.15, 0.2) is 0 Å². The minimum Gasteiger partial charge on any atom is -0.399 e. The highest BCUT2D eigenvalue weighted by Crippen LogP contribution is 2.23. The number of benzene rings is 1. The van der Waals surface area contributed by atoms with E-state index in [0.717, 1.165) is 25.3 Å². The summed E-state index contributed by atoms with van der Waals surface area (Å²) in [6, 6.07) is 5.45. The Balaban J connectivity index is 2.18. The minimum atomic E-state index is 0.646. The van der Waals surface area contributed by atoms with Crippen LogP contribution in [0, 0.1) is 5.92 Å². The number of hydrogen-bond acceptors (Lipinski definition) is 3. The average molecular weight is 257 g/mol. The second kappa shape index (κ2) is 7.41. The van der Waals surface area contributed by atoms with Crippen LogP contribution in [0.5, 0.6) is 0 Å². The molecular weight excluding hydrogens is 236 g/mol. The van der Waals surface area contributed by atoms with E-state index >= 15 is 0 Å². The van der Waals surface area contributed by atoms with Gasteiger partial charge in [0.05, 0.1) is 17.3 Å². The van der Waals surface area contributed by atoms with Crippen LogP contribution >= 0.6 is 11.6 Å². The van der Waals surface area contributed by atoms with Gasteiger partial charge in [-0.1, -0.05) is 25.4 Å². The molecule has 0 bridgehead atoms. The smallest absolute Gasteiger partial charge is 0.0657 e. The van der Waals surface area contributed by atoms with Crippen LogP contribution in [0.4, 0.5) is 11.4 Å². The second-order valence-electron chi connectivity index (χ2n) is 4.46. The van der Waals surface area contributed by atoms with Crippen LogP contribution in [0.25, 0.3) is 0 Å². The molecule has 0 saturated heterocycles. The molecule has 1 aromatic carbocycles. The van der Waals surface area contributed by atoms with Crippen molar-refractivity contribution in [1.82, 2.24) is 0 Å². The summed E-state index contributed by atoms with van der Waals surface area (Å²) >= 11 is 6.03. The summed E-state index contributed by atoms with van der Waals surface area (Å²) in [5, 5.41) is 3.86. The van der Waals surface area contributed by atoms with Crippen LogP contribution in [-0.2, 0) is 4.74 Å². The molecule has 3 N–H and O–H groups in total. The van der Waals surface area contributed by atoms with Crippen LogP contribution in [0.15, 0.2) is 18.2 Å². The maximum Gasteiger partial charge on any atom is 0.0657 e. The molecule has 4 heteroatoms. The number of halogens is 1. The van der Waals surface area contributed by atoms with E-state index in [1.54, 1.807) is 6.07 Å². The molecule has 1 rings (SSSR count). The fourth-order valence-electron chi connectivity index (χ4n) is 1.35. The van der Waals surface area contributed by atoms with Gasteiger partial charge in [-0.25, -0.2) is 0 Å². The Hall–Kier alpha value is -0.930. The molecule has 3 nitrogen and oxygen atoms in total. The average Bonchev–Trinajstić information content (AvgIpc) is 2.25. The van der Waals surface area contributed by atoms with E-state index in [-0.39, 0.29) is 0 Å². The lowest BCUT2D eigenvalue weighted by atomic mass is 10.1. The predicted molar refractivity (Wildman–Crippen MR) is 74.6 cm³/mol. The molecule has 0 saturated carbocycles. The van der Waals surface area contributed by atoms with Crippen molar-refractivity contribution in [3.8, 4) is 0 Å². The Bertz CT molecular complexity index is 342. The molecular formula is C13H21ClN2O. The number of anilines is 2. The van der Waals surface area contributed by atoms with E-state index in [2.05, 4.69) is 19.2 Å². The van der Waals surface area contributed by atoms with Gasteiger partial charge in [0.2, 0.25) is 0 Å². The molecule has 0 aromatic heterocycles. The monoisotopic (exact) mass is 256 g/mol. The van der Waals surface area contributed by atoms with Crippen LogP contribution in [-0.4, -0.2) is 19.8 Å². The lowest BCUT2D eigenvalue weighted by Crippen LogP contribution is -2.11. The van der Waals surface area contributed by atoms with Gasteiger partial charge in [0, 0.05) is 18.8 Å². The molecule has 0 atom stereocenters. The Morgan fingerprint density at radius 1 is 1.35 bits per heavy atom. The molecule has 0 amide bonds. The third-order valence-electron chi connectivity index (χ3n) is 2.39. The quantitative estimate of drug-likeness (QED) is 0.581. The van der Waals surface area contributed by atoms with Crippen molar-refractivity contribution in [1.29, 1.82) is 0 Å². The predicted octanol–water partition coefficient (Wildman–Crippen LogP) is 3.40. The zero-order valence-corrected chi connectivity index (χ0v) is 11.3. The SMILES string of the molecule is CC(C)CCOCCNc1ccc(N)cc1Cl. The van der Waals surface area contributed by atoms with Gasteiger partial charge in [0.1, 0.15) is 0 Å². The zero-order valence-electron chi connectivity index (χ0n) is 10.5. The number of ether oxygens (including phenoxy) is 1. The highest BCUT2D eigenvalue weighted by Gasteiger charge is 1.99. The molecule has 0 unspecified atom stereocenters. The fraction of sp³-hybridized carbons (Fsp3) is 0.538.